The fourth-order valence-electron chi connectivity index (χ4n) is 2.12. The first-order chi connectivity index (χ1) is 8.91. The van der Waals surface area contributed by atoms with Gasteiger partial charge in [-0.1, -0.05) is 64.0 Å². The lowest BCUT2D eigenvalue weighted by Gasteiger charge is -1.98. The average molecular weight is 252 g/mol. The number of hydrogen-bond donors (Lipinski definition) is 0. The molecule has 0 saturated heterocycles. The number of aldehydes is 1. The molecule has 0 rings (SSSR count). The third-order valence-electron chi connectivity index (χ3n) is 3.33. The minimum Gasteiger partial charge on any atom is -0.303 e. The second-order valence-electron chi connectivity index (χ2n) is 5.19. The molecule has 0 aliphatic rings. The van der Waals surface area contributed by atoms with Crippen LogP contribution in [0.2, 0.25) is 0 Å². The molecular weight excluding hydrogens is 220 g/mol. The molecule has 0 bridgehead atoms. The van der Waals surface area contributed by atoms with E-state index in [-0.39, 0.29) is 0 Å². The predicted molar refractivity (Wildman–Crippen MR) is 80.9 cm³/mol. The van der Waals surface area contributed by atoms with Crippen LogP contribution in [0.3, 0.4) is 0 Å². The molecule has 1 heteroatoms. The molecule has 0 atom stereocenters. The maximum Gasteiger partial charge on any atom is 0.119 e. The topological polar surface area (TPSA) is 17.1 Å². The van der Waals surface area contributed by atoms with Crippen LogP contribution in [0, 0.1) is 0 Å². The Balaban J connectivity index is 3.01. The fraction of sp³-hybridized carbons (Fsp3) is 0.824. The first-order valence-electron chi connectivity index (χ1n) is 8.00. The largest absolute Gasteiger partial charge is 0.303 e. The van der Waals surface area contributed by atoms with Gasteiger partial charge in [0.1, 0.15) is 6.29 Å². The Morgan fingerprint density at radius 3 is 1.56 bits per heavy atom. The normalized spacial score (nSPS) is 11.2. The van der Waals surface area contributed by atoms with Crippen molar-refractivity contribution in [1.82, 2.24) is 0 Å². The highest BCUT2D eigenvalue weighted by atomic mass is 16.1. The van der Waals surface area contributed by atoms with Crippen LogP contribution in [0.4, 0.5) is 0 Å². The molecule has 0 aliphatic heterocycles. The van der Waals surface area contributed by atoms with Crippen molar-refractivity contribution in [3.8, 4) is 0 Å². The molecule has 0 unspecified atom stereocenters. The number of allylic oxidation sites excluding steroid dienone is 2. The van der Waals surface area contributed by atoms with Crippen molar-refractivity contribution in [2.75, 3.05) is 0 Å². The van der Waals surface area contributed by atoms with Crippen LogP contribution in [-0.2, 0) is 4.79 Å². The molecule has 0 aromatic carbocycles. The summed E-state index contributed by atoms with van der Waals surface area (Å²) < 4.78 is 0. The highest BCUT2D eigenvalue weighted by Gasteiger charge is 1.90. The summed E-state index contributed by atoms with van der Waals surface area (Å²) in [7, 11) is 0. The van der Waals surface area contributed by atoms with Gasteiger partial charge in [-0.05, 0) is 32.1 Å². The summed E-state index contributed by atoms with van der Waals surface area (Å²) in [4.78, 5) is 10.1. The van der Waals surface area contributed by atoms with Gasteiger partial charge in [-0.25, -0.2) is 0 Å². The Morgan fingerprint density at radius 2 is 1.06 bits per heavy atom. The van der Waals surface area contributed by atoms with E-state index in [1.54, 1.807) is 0 Å². The Bertz CT molecular complexity index is 184. The highest BCUT2D eigenvalue weighted by Crippen LogP contribution is 2.09. The fourth-order valence-corrected chi connectivity index (χ4v) is 2.12. The molecule has 0 radical (unpaired) electrons. The van der Waals surface area contributed by atoms with Crippen LogP contribution in [0.5, 0.6) is 0 Å². The summed E-state index contributed by atoms with van der Waals surface area (Å²) in [5, 5.41) is 0. The number of carbonyl (C=O) groups excluding carboxylic acids is 1. The monoisotopic (exact) mass is 252 g/mol. The summed E-state index contributed by atoms with van der Waals surface area (Å²) >= 11 is 0. The van der Waals surface area contributed by atoms with Gasteiger partial charge in [-0.2, -0.15) is 0 Å². The third-order valence-corrected chi connectivity index (χ3v) is 3.33. The van der Waals surface area contributed by atoms with E-state index in [2.05, 4.69) is 19.1 Å². The molecule has 0 saturated carbocycles. The van der Waals surface area contributed by atoms with Crippen molar-refractivity contribution in [2.24, 2.45) is 0 Å². The van der Waals surface area contributed by atoms with Crippen molar-refractivity contribution >= 4 is 6.29 Å². The number of carbonyl (C=O) groups is 1. The van der Waals surface area contributed by atoms with E-state index in [0.717, 1.165) is 19.1 Å². The lowest BCUT2D eigenvalue weighted by atomic mass is 10.1. The summed E-state index contributed by atoms with van der Waals surface area (Å²) in [6, 6.07) is 0. The maximum atomic E-state index is 10.1. The molecule has 0 aliphatic carbocycles. The van der Waals surface area contributed by atoms with Gasteiger partial charge in [0.25, 0.3) is 0 Å². The van der Waals surface area contributed by atoms with E-state index in [4.69, 9.17) is 0 Å². The van der Waals surface area contributed by atoms with Crippen LogP contribution < -0.4 is 0 Å². The lowest BCUT2D eigenvalue weighted by Crippen LogP contribution is -1.81. The van der Waals surface area contributed by atoms with Gasteiger partial charge in [0.2, 0.25) is 0 Å². The lowest BCUT2D eigenvalue weighted by molar-refractivity contribution is -0.107. The zero-order chi connectivity index (χ0) is 13.3. The van der Waals surface area contributed by atoms with Crippen LogP contribution in [0.1, 0.15) is 90.4 Å². The van der Waals surface area contributed by atoms with E-state index in [0.29, 0.717) is 0 Å². The quantitative estimate of drug-likeness (QED) is 0.216. The first-order valence-corrected chi connectivity index (χ1v) is 8.00. The van der Waals surface area contributed by atoms with Crippen LogP contribution >= 0.6 is 0 Å². The zero-order valence-electron chi connectivity index (χ0n) is 12.3. The van der Waals surface area contributed by atoms with Gasteiger partial charge in [0, 0.05) is 6.42 Å². The molecule has 106 valence electrons. The van der Waals surface area contributed by atoms with Crippen molar-refractivity contribution in [3.63, 3.8) is 0 Å². The molecule has 1 nitrogen and oxygen atoms in total. The van der Waals surface area contributed by atoms with E-state index in [1.807, 2.05) is 0 Å². The van der Waals surface area contributed by atoms with Crippen molar-refractivity contribution in [2.45, 2.75) is 90.4 Å². The summed E-state index contributed by atoms with van der Waals surface area (Å²) in [5.41, 5.74) is 0. The van der Waals surface area contributed by atoms with Crippen LogP contribution in [-0.4, -0.2) is 6.29 Å². The molecule has 0 aromatic rings. The van der Waals surface area contributed by atoms with Gasteiger partial charge in [-0.15, -0.1) is 0 Å². The standard InChI is InChI=1S/C17H32O/c1-2-3-4-5-6-7-8-9-10-11-12-13-14-15-16-17-18/h7-8,17H,2-6,9-16H2,1H3/b8-7+. The Kier molecular flexibility index (Phi) is 15.9. The van der Waals surface area contributed by atoms with E-state index in [1.165, 1.54) is 70.6 Å². The molecule has 0 spiro atoms. The van der Waals surface area contributed by atoms with Crippen molar-refractivity contribution < 1.29 is 4.79 Å². The molecule has 0 N–H and O–H groups in total. The van der Waals surface area contributed by atoms with Gasteiger partial charge >= 0.3 is 0 Å². The Hall–Kier alpha value is -0.590. The van der Waals surface area contributed by atoms with E-state index < -0.39 is 0 Å². The minimum atomic E-state index is 0.751. The summed E-state index contributed by atoms with van der Waals surface area (Å²) in [6.45, 7) is 2.26. The van der Waals surface area contributed by atoms with Gasteiger partial charge in [0.15, 0.2) is 0 Å². The van der Waals surface area contributed by atoms with E-state index >= 15 is 0 Å². The highest BCUT2D eigenvalue weighted by molar-refractivity contribution is 5.48. The summed E-state index contributed by atoms with van der Waals surface area (Å²) in [5.74, 6) is 0. The Morgan fingerprint density at radius 1 is 0.611 bits per heavy atom. The third kappa shape index (κ3) is 15.4. The molecule has 0 amide bonds. The zero-order valence-corrected chi connectivity index (χ0v) is 12.3. The maximum absolute atomic E-state index is 10.1. The molecule has 0 fully saturated rings. The molecule has 0 heterocycles. The SMILES string of the molecule is CCCCCC/C=C/CCCCCCCCC=O. The van der Waals surface area contributed by atoms with Gasteiger partial charge < -0.3 is 4.79 Å². The van der Waals surface area contributed by atoms with Crippen molar-refractivity contribution in [3.05, 3.63) is 12.2 Å². The van der Waals surface area contributed by atoms with Gasteiger partial charge in [0.05, 0.1) is 0 Å². The molecular formula is C17H32O. The summed E-state index contributed by atoms with van der Waals surface area (Å²) in [6.07, 6.45) is 22.1. The second kappa shape index (κ2) is 16.4. The number of unbranched alkanes of at least 4 members (excludes halogenated alkanes) is 11. The van der Waals surface area contributed by atoms with E-state index in [9.17, 15) is 4.79 Å². The smallest absolute Gasteiger partial charge is 0.119 e. The second-order valence-corrected chi connectivity index (χ2v) is 5.19. The number of rotatable bonds is 14. The molecule has 18 heavy (non-hydrogen) atoms. The van der Waals surface area contributed by atoms with Gasteiger partial charge in [-0.3, -0.25) is 0 Å². The van der Waals surface area contributed by atoms with Crippen molar-refractivity contribution in [1.29, 1.82) is 0 Å². The van der Waals surface area contributed by atoms with Crippen LogP contribution in [0.25, 0.3) is 0 Å². The first kappa shape index (κ1) is 17.4. The predicted octanol–water partition coefficient (Wildman–Crippen LogP) is 5.83. The average Bonchev–Trinajstić information content (AvgIpc) is 2.39. The Labute approximate surface area is 114 Å². The molecule has 0 aromatic heterocycles. The minimum absolute atomic E-state index is 0.751. The number of hydrogen-bond acceptors (Lipinski definition) is 1. The van der Waals surface area contributed by atoms with Crippen LogP contribution in [0.15, 0.2) is 12.2 Å².